The highest BCUT2D eigenvalue weighted by Crippen LogP contribution is 2.01. The van der Waals surface area contributed by atoms with Crippen LogP contribution in [-0.2, 0) is 0 Å². The number of nitrogens with zero attached hydrogens (tertiary/aromatic N) is 3. The third-order valence-electron chi connectivity index (χ3n) is 0.666. The second kappa shape index (κ2) is 2.55. The first-order valence-electron chi connectivity index (χ1n) is 2.13. The van der Waals surface area contributed by atoms with Crippen molar-refractivity contribution >= 4 is 15.9 Å². The number of nitriles is 1. The van der Waals surface area contributed by atoms with E-state index in [9.17, 15) is 0 Å². The summed E-state index contributed by atoms with van der Waals surface area (Å²) in [7, 11) is 0. The smallest absolute Gasteiger partial charge is 0.169 e. The summed E-state index contributed by atoms with van der Waals surface area (Å²) in [5.74, 6) is 0. The van der Waals surface area contributed by atoms with Gasteiger partial charge in [-0.05, 0) is 15.9 Å². The van der Waals surface area contributed by atoms with Crippen LogP contribution in [0, 0.1) is 17.5 Å². The topological polar surface area (TPSA) is 49.6 Å². The zero-order valence-electron chi connectivity index (χ0n) is 4.30. The van der Waals surface area contributed by atoms with Gasteiger partial charge in [0.15, 0.2) is 5.69 Å². The molecule has 0 aromatic carbocycles. The molecule has 4 heteroatoms. The molecule has 1 rings (SSSR count). The number of aromatic nitrogens is 2. The summed E-state index contributed by atoms with van der Waals surface area (Å²) in [5, 5.41) is 8.26. The molecule has 1 heterocycles. The molecule has 9 heavy (non-hydrogen) atoms. The molecule has 3 nitrogen and oxygen atoms in total. The Kier molecular flexibility index (Phi) is 1.75. The minimum atomic E-state index is 0.198. The predicted molar refractivity (Wildman–Crippen MR) is 33.3 cm³/mol. The first kappa shape index (κ1) is 6.17. The minimum Gasteiger partial charge on any atom is -0.249 e. The Morgan fingerprint density at radius 3 is 3.00 bits per heavy atom. The van der Waals surface area contributed by atoms with E-state index in [4.69, 9.17) is 5.26 Å². The zero-order valence-corrected chi connectivity index (χ0v) is 5.88. The fraction of sp³-hybridized carbons (Fsp3) is 0. The first-order chi connectivity index (χ1) is 4.33. The van der Waals surface area contributed by atoms with Gasteiger partial charge in [-0.3, -0.25) is 0 Å². The molecule has 0 fully saturated rings. The van der Waals surface area contributed by atoms with Gasteiger partial charge in [-0.2, -0.15) is 5.26 Å². The van der Waals surface area contributed by atoms with Crippen LogP contribution >= 0.6 is 15.9 Å². The minimum absolute atomic E-state index is 0.198. The van der Waals surface area contributed by atoms with Gasteiger partial charge in [0.25, 0.3) is 0 Å². The molecular weight excluding hydrogens is 182 g/mol. The summed E-state index contributed by atoms with van der Waals surface area (Å²) in [4.78, 5) is 7.33. The van der Waals surface area contributed by atoms with E-state index in [-0.39, 0.29) is 5.69 Å². The SMILES string of the molecule is N#Cc1[c]ncc(Br)n1. The maximum atomic E-state index is 8.26. The third-order valence-corrected chi connectivity index (χ3v) is 1.05. The molecule has 0 bridgehead atoms. The predicted octanol–water partition coefficient (Wildman–Crippen LogP) is 0.911. The lowest BCUT2D eigenvalue weighted by molar-refractivity contribution is 1.12. The van der Waals surface area contributed by atoms with Crippen LogP contribution in [0.15, 0.2) is 10.8 Å². The molecule has 0 atom stereocenters. The van der Waals surface area contributed by atoms with Crippen LogP contribution in [0.2, 0.25) is 0 Å². The number of hydrogen-bond acceptors (Lipinski definition) is 3. The summed E-state index contributed by atoms with van der Waals surface area (Å²) in [6.07, 6.45) is 3.88. The molecule has 0 amide bonds. The Labute approximate surface area is 60.5 Å². The highest BCUT2D eigenvalue weighted by molar-refractivity contribution is 9.10. The average Bonchev–Trinajstić information content (AvgIpc) is 1.88. The lowest BCUT2D eigenvalue weighted by atomic mass is 10.5. The normalized spacial score (nSPS) is 8.44. The van der Waals surface area contributed by atoms with Gasteiger partial charge in [0.05, 0.1) is 6.20 Å². The van der Waals surface area contributed by atoms with Gasteiger partial charge in [-0.1, -0.05) is 0 Å². The second-order valence-corrected chi connectivity index (χ2v) is 2.08. The highest BCUT2D eigenvalue weighted by atomic mass is 79.9. The molecule has 0 aliphatic rings. The molecule has 1 radical (unpaired) electrons. The van der Waals surface area contributed by atoms with Crippen LogP contribution in [0.25, 0.3) is 0 Å². The van der Waals surface area contributed by atoms with Gasteiger partial charge in [-0.25, -0.2) is 9.97 Å². The Hall–Kier alpha value is -0.950. The van der Waals surface area contributed by atoms with Gasteiger partial charge in [-0.15, -0.1) is 0 Å². The third kappa shape index (κ3) is 1.47. The van der Waals surface area contributed by atoms with Crippen molar-refractivity contribution in [2.45, 2.75) is 0 Å². The Bertz CT molecular complexity index is 253. The van der Waals surface area contributed by atoms with E-state index in [0.717, 1.165) is 0 Å². The molecule has 1 aromatic rings. The van der Waals surface area contributed by atoms with Gasteiger partial charge in [0.1, 0.15) is 16.9 Å². The quantitative estimate of drug-likeness (QED) is 0.600. The van der Waals surface area contributed by atoms with Crippen LogP contribution in [0.4, 0.5) is 0 Å². The van der Waals surface area contributed by atoms with Crippen LogP contribution in [-0.4, -0.2) is 9.97 Å². The highest BCUT2D eigenvalue weighted by Gasteiger charge is 1.91. The number of rotatable bonds is 0. The van der Waals surface area contributed by atoms with Crippen molar-refractivity contribution in [3.63, 3.8) is 0 Å². The molecule has 0 aliphatic heterocycles. The van der Waals surface area contributed by atoms with E-state index in [1.807, 2.05) is 6.07 Å². The molecule has 43 valence electrons. The Morgan fingerprint density at radius 2 is 2.56 bits per heavy atom. The summed E-state index contributed by atoms with van der Waals surface area (Å²) < 4.78 is 0.554. The summed E-state index contributed by atoms with van der Waals surface area (Å²) in [6.45, 7) is 0. The molecule has 0 aliphatic carbocycles. The molecule has 0 unspecified atom stereocenters. The van der Waals surface area contributed by atoms with Crippen molar-refractivity contribution in [2.75, 3.05) is 0 Å². The molecule has 0 N–H and O–H groups in total. The van der Waals surface area contributed by atoms with E-state index in [1.54, 1.807) is 0 Å². The fourth-order valence-corrected chi connectivity index (χ4v) is 0.637. The standard InChI is InChI=1S/C5HBrN3/c6-5-3-8-2-4(1-7)9-5/h3H. The zero-order chi connectivity index (χ0) is 6.69. The van der Waals surface area contributed by atoms with E-state index in [0.29, 0.717) is 4.60 Å². The second-order valence-electron chi connectivity index (χ2n) is 1.26. The summed E-state index contributed by atoms with van der Waals surface area (Å²) in [5.41, 5.74) is 0.198. The summed E-state index contributed by atoms with van der Waals surface area (Å²) >= 11 is 3.06. The lowest BCUT2D eigenvalue weighted by Gasteiger charge is -1.84. The monoisotopic (exact) mass is 182 g/mol. The van der Waals surface area contributed by atoms with E-state index < -0.39 is 0 Å². The van der Waals surface area contributed by atoms with Gasteiger partial charge >= 0.3 is 0 Å². The first-order valence-corrected chi connectivity index (χ1v) is 2.92. The fourth-order valence-electron chi connectivity index (χ4n) is 0.357. The van der Waals surface area contributed by atoms with Crippen LogP contribution in [0.5, 0.6) is 0 Å². The van der Waals surface area contributed by atoms with E-state index in [2.05, 4.69) is 32.1 Å². The van der Waals surface area contributed by atoms with Crippen molar-refractivity contribution in [1.29, 1.82) is 5.26 Å². The van der Waals surface area contributed by atoms with Crippen molar-refractivity contribution in [3.8, 4) is 6.07 Å². The number of hydrogen-bond donors (Lipinski definition) is 0. The Morgan fingerprint density at radius 1 is 1.78 bits per heavy atom. The van der Waals surface area contributed by atoms with Crippen molar-refractivity contribution in [1.82, 2.24) is 9.97 Å². The van der Waals surface area contributed by atoms with Gasteiger partial charge in [0.2, 0.25) is 0 Å². The largest absolute Gasteiger partial charge is 0.249 e. The molecular formula is C5HBrN3. The van der Waals surface area contributed by atoms with Crippen molar-refractivity contribution in [2.24, 2.45) is 0 Å². The van der Waals surface area contributed by atoms with Crippen LogP contribution in [0.3, 0.4) is 0 Å². The molecule has 0 saturated heterocycles. The van der Waals surface area contributed by atoms with Crippen LogP contribution in [0.1, 0.15) is 5.69 Å². The molecule has 1 aromatic heterocycles. The van der Waals surface area contributed by atoms with Crippen LogP contribution < -0.4 is 0 Å². The Balaban J connectivity index is 3.12. The van der Waals surface area contributed by atoms with Gasteiger partial charge in [0, 0.05) is 0 Å². The maximum absolute atomic E-state index is 8.26. The summed E-state index contributed by atoms with van der Waals surface area (Å²) in [6, 6.07) is 1.81. The maximum Gasteiger partial charge on any atom is 0.169 e. The average molecular weight is 183 g/mol. The van der Waals surface area contributed by atoms with E-state index >= 15 is 0 Å². The van der Waals surface area contributed by atoms with Crippen molar-refractivity contribution in [3.05, 3.63) is 22.7 Å². The van der Waals surface area contributed by atoms with Gasteiger partial charge < -0.3 is 0 Å². The van der Waals surface area contributed by atoms with Crippen molar-refractivity contribution < 1.29 is 0 Å². The number of halogens is 1. The molecule has 0 saturated carbocycles. The van der Waals surface area contributed by atoms with E-state index in [1.165, 1.54) is 6.20 Å². The molecule has 0 spiro atoms. The lowest BCUT2D eigenvalue weighted by Crippen LogP contribution is -1.84.